The van der Waals surface area contributed by atoms with E-state index >= 15 is 0 Å². The minimum Gasteiger partial charge on any atom is -0.309 e. The van der Waals surface area contributed by atoms with Crippen molar-refractivity contribution in [3.63, 3.8) is 0 Å². The molecule has 0 saturated carbocycles. The minimum absolute atomic E-state index is 0.247. The van der Waals surface area contributed by atoms with Crippen LogP contribution in [-0.4, -0.2) is 13.2 Å². The molecule has 0 aliphatic carbocycles. The van der Waals surface area contributed by atoms with Gasteiger partial charge in [-0.2, -0.15) is 0 Å². The summed E-state index contributed by atoms with van der Waals surface area (Å²) in [5.74, 6) is 2.55. The second kappa shape index (κ2) is 6.84. The molecule has 0 aromatic carbocycles. The number of hydrogen-bond donors (Lipinski definition) is 0. The fourth-order valence-corrected chi connectivity index (χ4v) is 1.33. The van der Waals surface area contributed by atoms with E-state index in [9.17, 15) is 4.57 Å². The molecule has 80 valence electrons. The van der Waals surface area contributed by atoms with Crippen LogP contribution >= 0.6 is 8.25 Å². The van der Waals surface area contributed by atoms with E-state index in [0.717, 1.165) is 0 Å². The molecule has 0 fully saturated rings. The minimum atomic E-state index is -2.40. The molecule has 0 rings (SSSR count). The predicted molar refractivity (Wildman–Crippen MR) is 58.3 cm³/mol. The van der Waals surface area contributed by atoms with E-state index < -0.39 is 13.7 Å². The average Bonchev–Trinajstić information content (AvgIpc) is 2.16. The fraction of sp³-hybridized carbons (Fsp3) is 0.600. The van der Waals surface area contributed by atoms with Crippen molar-refractivity contribution in [1.29, 1.82) is 0 Å². The molecule has 0 spiro atoms. The molecule has 0 saturated heterocycles. The van der Waals surface area contributed by atoms with Crippen LogP contribution in [0.2, 0.25) is 0 Å². The third kappa shape index (κ3) is 6.91. The van der Waals surface area contributed by atoms with Gasteiger partial charge in [-0.3, -0.25) is 4.57 Å². The Morgan fingerprint density at radius 2 is 2.14 bits per heavy atom. The van der Waals surface area contributed by atoms with Crippen LogP contribution in [0.15, 0.2) is 12.2 Å². The van der Waals surface area contributed by atoms with Gasteiger partial charge in [0.1, 0.15) is 0 Å². The Labute approximate surface area is 86.4 Å². The van der Waals surface area contributed by atoms with Crippen LogP contribution < -0.4 is 0 Å². The molecule has 0 aliphatic heterocycles. The first-order valence-electron chi connectivity index (χ1n) is 4.40. The maximum absolute atomic E-state index is 11.1. The van der Waals surface area contributed by atoms with Gasteiger partial charge in [0.15, 0.2) is 0 Å². The lowest BCUT2D eigenvalue weighted by atomic mass is 9.97. The molecule has 0 heterocycles. The second-order valence-electron chi connectivity index (χ2n) is 3.45. The number of hydrogen-bond acceptors (Lipinski definition) is 3. The van der Waals surface area contributed by atoms with Crippen molar-refractivity contribution in [1.82, 2.24) is 0 Å². The van der Waals surface area contributed by atoms with E-state index in [1.165, 1.54) is 0 Å². The Balaban J connectivity index is 3.70. The van der Waals surface area contributed by atoms with Gasteiger partial charge in [-0.15, -0.1) is 6.42 Å². The van der Waals surface area contributed by atoms with Gasteiger partial charge < -0.3 is 9.05 Å². The van der Waals surface area contributed by atoms with Crippen LogP contribution in [0.1, 0.15) is 20.8 Å². The Kier molecular flexibility index (Phi) is 6.57. The van der Waals surface area contributed by atoms with E-state index in [-0.39, 0.29) is 6.61 Å². The molecule has 0 aromatic rings. The summed E-state index contributed by atoms with van der Waals surface area (Å²) < 4.78 is 21.0. The van der Waals surface area contributed by atoms with Gasteiger partial charge in [-0.25, -0.2) is 0 Å². The number of terminal acetylenes is 1. The monoisotopic (exact) mass is 216 g/mol. The molecule has 1 unspecified atom stereocenters. The topological polar surface area (TPSA) is 35.5 Å². The molecule has 3 nitrogen and oxygen atoms in total. The van der Waals surface area contributed by atoms with Crippen molar-refractivity contribution >= 4 is 8.25 Å². The molecule has 14 heavy (non-hydrogen) atoms. The van der Waals surface area contributed by atoms with E-state index in [1.807, 2.05) is 26.8 Å². The van der Waals surface area contributed by atoms with Crippen LogP contribution in [-0.2, 0) is 13.6 Å². The van der Waals surface area contributed by atoms with Gasteiger partial charge in [0.05, 0.1) is 13.2 Å². The van der Waals surface area contributed by atoms with Crippen molar-refractivity contribution < 1.29 is 13.6 Å². The van der Waals surface area contributed by atoms with Gasteiger partial charge >= 0.3 is 8.25 Å². The summed E-state index contributed by atoms with van der Waals surface area (Å²) in [6.07, 6.45) is 8.82. The summed E-state index contributed by atoms with van der Waals surface area (Å²) in [5.41, 5.74) is -0.399. The zero-order valence-corrected chi connectivity index (χ0v) is 9.87. The van der Waals surface area contributed by atoms with E-state index in [0.29, 0.717) is 6.61 Å². The highest BCUT2D eigenvalue weighted by atomic mass is 31.1. The summed E-state index contributed by atoms with van der Waals surface area (Å²) in [7, 11) is -2.40. The van der Waals surface area contributed by atoms with Crippen LogP contribution in [0.5, 0.6) is 0 Å². The van der Waals surface area contributed by atoms with Crippen molar-refractivity contribution in [3.05, 3.63) is 12.2 Å². The van der Waals surface area contributed by atoms with Gasteiger partial charge in [0.25, 0.3) is 0 Å². The molecule has 1 atom stereocenters. The largest absolute Gasteiger partial charge is 0.319 e. The normalized spacial score (nSPS) is 14.1. The lowest BCUT2D eigenvalue weighted by molar-refractivity contribution is 0.193. The Bertz CT molecular complexity index is 251. The van der Waals surface area contributed by atoms with E-state index in [1.54, 1.807) is 6.08 Å². The van der Waals surface area contributed by atoms with Crippen molar-refractivity contribution in [3.8, 4) is 12.3 Å². The second-order valence-corrected chi connectivity index (χ2v) is 4.52. The van der Waals surface area contributed by atoms with Crippen molar-refractivity contribution in [2.24, 2.45) is 5.41 Å². The molecular formula is C10H17O3P. The van der Waals surface area contributed by atoms with E-state index in [4.69, 9.17) is 15.5 Å². The van der Waals surface area contributed by atoms with Crippen LogP contribution in [0.25, 0.3) is 0 Å². The molecule has 0 aliphatic rings. The van der Waals surface area contributed by atoms with E-state index in [2.05, 4.69) is 5.92 Å². The zero-order valence-electron chi connectivity index (χ0n) is 8.87. The summed E-state index contributed by atoms with van der Waals surface area (Å²) in [4.78, 5) is 0. The van der Waals surface area contributed by atoms with Crippen molar-refractivity contribution in [2.45, 2.75) is 20.8 Å². The molecule has 0 N–H and O–H groups in total. The van der Waals surface area contributed by atoms with Crippen LogP contribution in [0.3, 0.4) is 0 Å². The lowest BCUT2D eigenvalue weighted by Gasteiger charge is -2.16. The molecule has 0 amide bonds. The molecule has 0 radical (unpaired) electrons. The standard InChI is InChI=1S/C10H17O3P/c1-5-7-8-12-14(11)13-9-10(3,4)6-2/h2,5,7,14H,8-9H2,1,3-4H3. The summed E-state index contributed by atoms with van der Waals surface area (Å²) in [5, 5.41) is 0. The zero-order chi connectivity index (χ0) is 11.0. The molecule has 0 bridgehead atoms. The molecule has 0 aromatic heterocycles. The third-order valence-corrected chi connectivity index (χ3v) is 2.26. The average molecular weight is 216 g/mol. The SMILES string of the molecule is C#CC(C)(C)CO[PH](=O)OCC=CC. The van der Waals surface area contributed by atoms with Gasteiger partial charge in [-0.1, -0.05) is 18.1 Å². The van der Waals surface area contributed by atoms with Gasteiger partial charge in [0, 0.05) is 5.41 Å². The highest BCUT2D eigenvalue weighted by Gasteiger charge is 2.15. The molecule has 4 heteroatoms. The maximum Gasteiger partial charge on any atom is 0.319 e. The Hall–Kier alpha value is -0.550. The van der Waals surface area contributed by atoms with Crippen LogP contribution in [0, 0.1) is 17.8 Å². The maximum atomic E-state index is 11.1. The highest BCUT2D eigenvalue weighted by molar-refractivity contribution is 7.33. The first kappa shape index (κ1) is 13.4. The highest BCUT2D eigenvalue weighted by Crippen LogP contribution is 2.27. The van der Waals surface area contributed by atoms with Crippen LogP contribution in [0.4, 0.5) is 0 Å². The quantitative estimate of drug-likeness (QED) is 0.389. The molecular weight excluding hydrogens is 199 g/mol. The van der Waals surface area contributed by atoms with Gasteiger partial charge in [-0.05, 0) is 20.8 Å². The fourth-order valence-electron chi connectivity index (χ4n) is 0.535. The first-order valence-corrected chi connectivity index (χ1v) is 5.63. The summed E-state index contributed by atoms with van der Waals surface area (Å²) >= 11 is 0. The third-order valence-electron chi connectivity index (χ3n) is 1.47. The first-order chi connectivity index (χ1) is 6.52. The van der Waals surface area contributed by atoms with Crippen molar-refractivity contribution in [2.75, 3.05) is 13.2 Å². The number of allylic oxidation sites excluding steroid dienone is 1. The lowest BCUT2D eigenvalue weighted by Crippen LogP contribution is -2.14. The Morgan fingerprint density at radius 1 is 1.50 bits per heavy atom. The number of rotatable bonds is 6. The van der Waals surface area contributed by atoms with Gasteiger partial charge in [0.2, 0.25) is 0 Å². The smallest absolute Gasteiger partial charge is 0.309 e. The predicted octanol–water partition coefficient (Wildman–Crippen LogP) is 2.64. The Morgan fingerprint density at radius 3 is 2.64 bits per heavy atom. The summed E-state index contributed by atoms with van der Waals surface area (Å²) in [6.45, 7) is 6.10. The summed E-state index contributed by atoms with van der Waals surface area (Å²) in [6, 6.07) is 0.